The van der Waals surface area contributed by atoms with E-state index in [4.69, 9.17) is 9.63 Å². The number of carboxylic acids is 1. The molecule has 0 unspecified atom stereocenters. The van der Waals surface area contributed by atoms with Gasteiger partial charge >= 0.3 is 5.97 Å². The number of hydrogen-bond donors (Lipinski definition) is 2. The third-order valence-corrected chi connectivity index (χ3v) is 5.31. The molecule has 4 rings (SSSR count). The first-order valence-corrected chi connectivity index (χ1v) is 9.10. The van der Waals surface area contributed by atoms with Crippen LogP contribution in [0, 0.1) is 5.92 Å². The Hall–Kier alpha value is -3.15. The first-order valence-electron chi connectivity index (χ1n) is 9.10. The lowest BCUT2D eigenvalue weighted by Crippen LogP contribution is -2.20. The number of carbonyl (C=O) groups excluding carboxylic acids is 1. The maximum atomic E-state index is 12.5. The van der Waals surface area contributed by atoms with Crippen molar-refractivity contribution in [1.29, 1.82) is 0 Å². The molecule has 1 amide bonds. The van der Waals surface area contributed by atoms with Crippen LogP contribution in [0.3, 0.4) is 0 Å². The first kappa shape index (κ1) is 17.3. The van der Waals surface area contributed by atoms with Crippen LogP contribution in [0.25, 0.3) is 10.9 Å². The third-order valence-electron chi connectivity index (χ3n) is 5.31. The van der Waals surface area contributed by atoms with Crippen molar-refractivity contribution in [2.75, 3.05) is 5.32 Å². The van der Waals surface area contributed by atoms with Crippen LogP contribution in [-0.4, -0.2) is 22.1 Å². The number of fused-ring (bicyclic) bond motifs is 1. The van der Waals surface area contributed by atoms with Crippen molar-refractivity contribution in [2.45, 2.75) is 31.6 Å². The number of amides is 1. The molecule has 0 spiro atoms. The van der Waals surface area contributed by atoms with E-state index in [0.717, 1.165) is 25.7 Å². The summed E-state index contributed by atoms with van der Waals surface area (Å²) in [7, 11) is 0. The van der Waals surface area contributed by atoms with Crippen LogP contribution < -0.4 is 5.32 Å². The Bertz CT molecular complexity index is 969. The van der Waals surface area contributed by atoms with E-state index in [1.54, 1.807) is 12.1 Å². The van der Waals surface area contributed by atoms with E-state index in [9.17, 15) is 9.59 Å². The highest BCUT2D eigenvalue weighted by Gasteiger charge is 2.26. The summed E-state index contributed by atoms with van der Waals surface area (Å²) in [6.45, 7) is 0. The monoisotopic (exact) mass is 364 g/mol. The number of nitrogens with one attached hydrogen (secondary N) is 1. The fourth-order valence-electron chi connectivity index (χ4n) is 3.75. The van der Waals surface area contributed by atoms with E-state index in [0.29, 0.717) is 22.5 Å². The molecule has 0 radical (unpaired) electrons. The second-order valence-corrected chi connectivity index (χ2v) is 6.99. The summed E-state index contributed by atoms with van der Waals surface area (Å²) >= 11 is 0. The molecule has 3 aromatic rings. The minimum atomic E-state index is -0.688. The normalized spacial score (nSPS) is 19.7. The van der Waals surface area contributed by atoms with E-state index in [1.165, 1.54) is 5.56 Å². The fourth-order valence-corrected chi connectivity index (χ4v) is 3.75. The molecule has 6 nitrogen and oxygen atoms in total. The van der Waals surface area contributed by atoms with Gasteiger partial charge in [0.1, 0.15) is 5.52 Å². The molecule has 27 heavy (non-hydrogen) atoms. The number of hydrogen-bond acceptors (Lipinski definition) is 4. The highest BCUT2D eigenvalue weighted by atomic mass is 16.5. The Balaban J connectivity index is 1.42. The number of carbonyl (C=O) groups is 2. The molecule has 0 bridgehead atoms. The van der Waals surface area contributed by atoms with Gasteiger partial charge in [0, 0.05) is 5.69 Å². The van der Waals surface area contributed by atoms with Gasteiger partial charge in [-0.05, 0) is 61.4 Å². The average molecular weight is 364 g/mol. The van der Waals surface area contributed by atoms with Crippen molar-refractivity contribution in [3.63, 3.8) is 0 Å². The summed E-state index contributed by atoms with van der Waals surface area (Å²) in [4.78, 5) is 23.5. The molecule has 2 N–H and O–H groups in total. The molecule has 1 aromatic heterocycles. The second-order valence-electron chi connectivity index (χ2n) is 6.99. The second kappa shape index (κ2) is 7.23. The van der Waals surface area contributed by atoms with E-state index in [2.05, 4.69) is 10.5 Å². The summed E-state index contributed by atoms with van der Waals surface area (Å²) < 4.78 is 5.19. The van der Waals surface area contributed by atoms with Crippen LogP contribution in [0.1, 0.15) is 47.7 Å². The molecular weight excluding hydrogens is 344 g/mol. The lowest BCUT2D eigenvalue weighted by molar-refractivity contribution is -0.142. The zero-order valence-electron chi connectivity index (χ0n) is 14.7. The Labute approximate surface area is 156 Å². The zero-order valence-corrected chi connectivity index (χ0v) is 14.7. The van der Waals surface area contributed by atoms with Gasteiger partial charge in [0.25, 0.3) is 5.91 Å². The predicted octanol–water partition coefficient (Wildman–Crippen LogP) is 4.44. The Morgan fingerprint density at radius 3 is 2.41 bits per heavy atom. The van der Waals surface area contributed by atoms with Gasteiger partial charge in [-0.2, -0.15) is 0 Å². The molecule has 6 heteroatoms. The van der Waals surface area contributed by atoms with Gasteiger partial charge in [-0.15, -0.1) is 0 Å². The van der Waals surface area contributed by atoms with Crippen LogP contribution in [0.15, 0.2) is 53.1 Å². The standard InChI is InChI=1S/C21H20N2O4/c24-20(19-17-3-1-2-4-18(17)23-27-19)22-16-11-9-14(10-12-16)13-5-7-15(8-6-13)21(25)26/h1-4,9-13,15H,5-8H2,(H,22,24)(H,25,26). The van der Waals surface area contributed by atoms with Gasteiger partial charge in [0.05, 0.1) is 11.3 Å². The van der Waals surface area contributed by atoms with E-state index in [-0.39, 0.29) is 17.6 Å². The maximum absolute atomic E-state index is 12.5. The molecule has 0 aliphatic heterocycles. The molecule has 1 aliphatic rings. The number of nitrogens with zero attached hydrogens (tertiary/aromatic N) is 1. The number of benzene rings is 2. The van der Waals surface area contributed by atoms with Gasteiger partial charge in [-0.1, -0.05) is 29.4 Å². The number of anilines is 1. The average Bonchev–Trinajstić information content (AvgIpc) is 3.13. The minimum Gasteiger partial charge on any atom is -0.481 e. The molecule has 1 aliphatic carbocycles. The summed E-state index contributed by atoms with van der Waals surface area (Å²) in [5.74, 6) is -0.661. The number of carboxylic acid groups (broad SMARTS) is 1. The van der Waals surface area contributed by atoms with Crippen LogP contribution in [0.4, 0.5) is 5.69 Å². The lowest BCUT2D eigenvalue weighted by atomic mass is 9.79. The molecule has 1 saturated carbocycles. The SMILES string of the molecule is O=C(Nc1ccc(C2CCC(C(=O)O)CC2)cc1)c1onc2ccccc12. The van der Waals surface area contributed by atoms with Crippen molar-refractivity contribution >= 4 is 28.5 Å². The van der Waals surface area contributed by atoms with Crippen molar-refractivity contribution in [1.82, 2.24) is 5.16 Å². The summed E-state index contributed by atoms with van der Waals surface area (Å²) in [5, 5.41) is 16.5. The number of aliphatic carboxylic acids is 1. The Morgan fingerprint density at radius 2 is 1.70 bits per heavy atom. The number of rotatable bonds is 4. The summed E-state index contributed by atoms with van der Waals surface area (Å²) in [6.07, 6.45) is 3.20. The molecule has 0 saturated heterocycles. The highest BCUT2D eigenvalue weighted by Crippen LogP contribution is 2.36. The molecular formula is C21H20N2O4. The van der Waals surface area contributed by atoms with E-state index in [1.807, 2.05) is 36.4 Å². The minimum absolute atomic E-state index is 0.196. The van der Waals surface area contributed by atoms with Crippen LogP contribution in [-0.2, 0) is 4.79 Å². The predicted molar refractivity (Wildman–Crippen MR) is 101 cm³/mol. The largest absolute Gasteiger partial charge is 0.481 e. The molecule has 1 heterocycles. The van der Waals surface area contributed by atoms with Crippen molar-refractivity contribution in [2.24, 2.45) is 5.92 Å². The first-order chi connectivity index (χ1) is 13.1. The summed E-state index contributed by atoms with van der Waals surface area (Å²) in [5.41, 5.74) is 2.51. The van der Waals surface area contributed by atoms with Gasteiger partial charge in [0.2, 0.25) is 5.76 Å². The third kappa shape index (κ3) is 3.56. The fraction of sp³-hybridized carbons (Fsp3) is 0.286. The van der Waals surface area contributed by atoms with Crippen molar-refractivity contribution in [3.05, 3.63) is 59.9 Å². The van der Waals surface area contributed by atoms with Gasteiger partial charge < -0.3 is 14.9 Å². The number of aromatic nitrogens is 1. The van der Waals surface area contributed by atoms with Crippen LogP contribution >= 0.6 is 0 Å². The molecule has 0 atom stereocenters. The van der Waals surface area contributed by atoms with Crippen LogP contribution in [0.5, 0.6) is 0 Å². The zero-order chi connectivity index (χ0) is 18.8. The van der Waals surface area contributed by atoms with Gasteiger partial charge in [-0.3, -0.25) is 9.59 Å². The van der Waals surface area contributed by atoms with Gasteiger partial charge in [-0.25, -0.2) is 0 Å². The topological polar surface area (TPSA) is 92.4 Å². The smallest absolute Gasteiger partial charge is 0.306 e. The summed E-state index contributed by atoms with van der Waals surface area (Å²) in [6, 6.07) is 15.0. The van der Waals surface area contributed by atoms with E-state index >= 15 is 0 Å². The Morgan fingerprint density at radius 1 is 1.00 bits per heavy atom. The van der Waals surface area contributed by atoms with E-state index < -0.39 is 5.97 Å². The Kier molecular flexibility index (Phi) is 4.62. The molecule has 2 aromatic carbocycles. The quantitative estimate of drug-likeness (QED) is 0.714. The highest BCUT2D eigenvalue weighted by molar-refractivity contribution is 6.10. The molecule has 1 fully saturated rings. The maximum Gasteiger partial charge on any atom is 0.306 e. The van der Waals surface area contributed by atoms with Gasteiger partial charge in [0.15, 0.2) is 0 Å². The van der Waals surface area contributed by atoms with Crippen molar-refractivity contribution < 1.29 is 19.2 Å². The lowest BCUT2D eigenvalue weighted by Gasteiger charge is -2.26. The molecule has 138 valence electrons. The van der Waals surface area contributed by atoms with Crippen LogP contribution in [0.2, 0.25) is 0 Å². The van der Waals surface area contributed by atoms with Crippen molar-refractivity contribution in [3.8, 4) is 0 Å².